The molecule has 3 rings (SSSR count). The average Bonchev–Trinajstić information content (AvgIpc) is 2.84. The van der Waals surface area contributed by atoms with Gasteiger partial charge < -0.3 is 21.2 Å². The molecule has 0 radical (unpaired) electrons. The van der Waals surface area contributed by atoms with E-state index in [4.69, 9.17) is 23.4 Å². The topological polar surface area (TPSA) is 95.9 Å². The van der Waals surface area contributed by atoms with Crippen molar-refractivity contribution in [2.75, 3.05) is 5.32 Å². The summed E-state index contributed by atoms with van der Waals surface area (Å²) in [5.74, 6) is 0.432. The third kappa shape index (κ3) is 10.6. The Morgan fingerprint density at radius 2 is 1.65 bits per heavy atom. The normalized spacial score (nSPS) is 11.6. The van der Waals surface area contributed by atoms with Gasteiger partial charge in [0.15, 0.2) is 0 Å². The Balaban J connectivity index is 0.000000312. The zero-order valence-corrected chi connectivity index (χ0v) is 21.4. The summed E-state index contributed by atoms with van der Waals surface area (Å²) in [6.45, 7) is 6.25. The molecule has 0 heterocycles. The zero-order chi connectivity index (χ0) is 27.4. The minimum absolute atomic E-state index is 0.229. The number of benzene rings is 3. The Kier molecular flexibility index (Phi) is 11.0. The Morgan fingerprint density at radius 1 is 1.03 bits per heavy atom. The summed E-state index contributed by atoms with van der Waals surface area (Å²) in [5.41, 5.74) is 10.1. The van der Waals surface area contributed by atoms with E-state index in [2.05, 4.69) is 52.1 Å². The highest BCUT2D eigenvalue weighted by atomic mass is 32.1. The van der Waals surface area contributed by atoms with Crippen LogP contribution in [0.1, 0.15) is 43.4 Å². The van der Waals surface area contributed by atoms with Crippen LogP contribution < -0.4 is 15.8 Å². The van der Waals surface area contributed by atoms with Crippen LogP contribution in [-0.4, -0.2) is 29.7 Å². The molecular formula is C27H28F3N5OS. The SMILES string of the molecule is CC(=S)Nc1ccccc1C(C)C.N=Cc1ccc(C(N)=NC=Nc2ccc(OC(F)(F)F)cc2)cc1. The Labute approximate surface area is 219 Å². The van der Waals surface area contributed by atoms with Crippen molar-refractivity contribution in [3.8, 4) is 5.75 Å². The molecule has 0 aliphatic carbocycles. The van der Waals surface area contributed by atoms with E-state index in [0.29, 0.717) is 17.2 Å². The van der Waals surface area contributed by atoms with Gasteiger partial charge in [-0.15, -0.1) is 13.2 Å². The molecule has 0 aliphatic rings. The molecule has 37 heavy (non-hydrogen) atoms. The Hall–Kier alpha value is -4.05. The predicted molar refractivity (Wildman–Crippen MR) is 149 cm³/mol. The number of hydrogen-bond donors (Lipinski definition) is 3. The van der Waals surface area contributed by atoms with Gasteiger partial charge in [0.05, 0.1) is 10.7 Å². The van der Waals surface area contributed by atoms with Gasteiger partial charge in [-0.2, -0.15) is 0 Å². The van der Waals surface area contributed by atoms with E-state index in [1.165, 1.54) is 30.2 Å². The van der Waals surface area contributed by atoms with Crippen LogP contribution in [0.4, 0.5) is 24.5 Å². The zero-order valence-electron chi connectivity index (χ0n) is 20.6. The van der Waals surface area contributed by atoms with Gasteiger partial charge >= 0.3 is 6.36 Å². The number of amidine groups is 1. The number of aliphatic imine (C=N–C) groups is 2. The fraction of sp³-hybridized carbons (Fsp3) is 0.185. The number of halogens is 3. The van der Waals surface area contributed by atoms with E-state index in [-0.39, 0.29) is 11.6 Å². The molecule has 4 N–H and O–H groups in total. The molecule has 0 amide bonds. The Bertz CT molecular complexity index is 1240. The first-order valence-corrected chi connectivity index (χ1v) is 11.6. The fourth-order valence-corrected chi connectivity index (χ4v) is 3.13. The minimum atomic E-state index is -4.73. The molecule has 0 saturated carbocycles. The number of anilines is 1. The van der Waals surface area contributed by atoms with E-state index < -0.39 is 6.36 Å². The van der Waals surface area contributed by atoms with E-state index in [1.54, 1.807) is 24.3 Å². The summed E-state index contributed by atoms with van der Waals surface area (Å²) in [6.07, 6.45) is -2.30. The van der Waals surface area contributed by atoms with Gasteiger partial charge in [0, 0.05) is 17.5 Å². The molecule has 0 spiro atoms. The van der Waals surface area contributed by atoms with E-state index in [9.17, 15) is 13.2 Å². The molecule has 3 aromatic carbocycles. The molecule has 0 bridgehead atoms. The van der Waals surface area contributed by atoms with Crippen LogP contribution in [0.2, 0.25) is 0 Å². The van der Waals surface area contributed by atoms with Crippen molar-refractivity contribution >= 4 is 47.0 Å². The third-order valence-electron chi connectivity index (χ3n) is 4.74. The monoisotopic (exact) mass is 527 g/mol. The summed E-state index contributed by atoms with van der Waals surface area (Å²) in [6, 6.07) is 20.2. The van der Waals surface area contributed by atoms with Gasteiger partial charge in [0.25, 0.3) is 0 Å². The van der Waals surface area contributed by atoms with Crippen LogP contribution >= 0.6 is 12.2 Å². The quantitative estimate of drug-likeness (QED) is 0.172. The summed E-state index contributed by atoms with van der Waals surface area (Å²) in [7, 11) is 0. The average molecular weight is 528 g/mol. The molecule has 194 valence electrons. The van der Waals surface area contributed by atoms with Gasteiger partial charge in [-0.05, 0) is 54.3 Å². The van der Waals surface area contributed by atoms with Crippen molar-refractivity contribution in [2.24, 2.45) is 15.7 Å². The first kappa shape index (κ1) is 29.2. The molecule has 0 fully saturated rings. The third-order valence-corrected chi connectivity index (χ3v) is 4.84. The molecule has 0 saturated heterocycles. The van der Waals surface area contributed by atoms with Gasteiger partial charge in [-0.3, -0.25) is 0 Å². The summed E-state index contributed by atoms with van der Waals surface area (Å²) >= 11 is 5.01. The van der Waals surface area contributed by atoms with Crippen molar-refractivity contribution in [2.45, 2.75) is 33.1 Å². The first-order valence-electron chi connectivity index (χ1n) is 11.2. The second-order valence-corrected chi connectivity index (χ2v) is 8.60. The standard InChI is InChI=1S/C16H13F3N4O.C11H15NS/c17-16(18,19)24-14-7-5-13(6-8-14)22-10-23-15(21)12-3-1-11(9-20)2-4-12;1-8(2)10-6-4-5-7-11(10)12-9(3)13/h1-10,20H,(H2,21,22,23);4-8H,1-3H3,(H,12,13). The highest BCUT2D eigenvalue weighted by molar-refractivity contribution is 7.80. The highest BCUT2D eigenvalue weighted by Gasteiger charge is 2.30. The van der Waals surface area contributed by atoms with Gasteiger partial charge in [0.1, 0.15) is 17.9 Å². The van der Waals surface area contributed by atoms with Gasteiger partial charge in [-0.25, -0.2) is 9.98 Å². The molecule has 0 aliphatic heterocycles. The molecular weight excluding hydrogens is 499 g/mol. The maximum absolute atomic E-state index is 12.0. The second kappa shape index (κ2) is 13.9. The van der Waals surface area contributed by atoms with Crippen molar-refractivity contribution < 1.29 is 17.9 Å². The second-order valence-electron chi connectivity index (χ2n) is 7.99. The summed E-state index contributed by atoms with van der Waals surface area (Å²) in [4.78, 5) is 8.75. The smallest absolute Gasteiger partial charge is 0.406 e. The van der Waals surface area contributed by atoms with Gasteiger partial charge in [0.2, 0.25) is 0 Å². The molecule has 6 nitrogen and oxygen atoms in total. The maximum atomic E-state index is 12.0. The Morgan fingerprint density at radius 3 is 2.19 bits per heavy atom. The highest BCUT2D eigenvalue weighted by Crippen LogP contribution is 2.25. The van der Waals surface area contributed by atoms with Crippen molar-refractivity contribution in [3.63, 3.8) is 0 Å². The molecule has 10 heteroatoms. The summed E-state index contributed by atoms with van der Waals surface area (Å²) < 4.78 is 39.9. The number of nitrogens with zero attached hydrogens (tertiary/aromatic N) is 2. The van der Waals surface area contributed by atoms with E-state index in [0.717, 1.165) is 28.4 Å². The molecule has 0 aromatic heterocycles. The lowest BCUT2D eigenvalue weighted by Gasteiger charge is -2.13. The van der Waals surface area contributed by atoms with Crippen molar-refractivity contribution in [3.05, 3.63) is 89.5 Å². The van der Waals surface area contributed by atoms with E-state index in [1.807, 2.05) is 13.0 Å². The lowest BCUT2D eigenvalue weighted by atomic mass is 10.0. The number of nitrogens with one attached hydrogen (secondary N) is 2. The maximum Gasteiger partial charge on any atom is 0.573 e. The number of nitrogens with two attached hydrogens (primary N) is 1. The number of ether oxygens (including phenoxy) is 1. The fourth-order valence-electron chi connectivity index (χ4n) is 3.02. The number of hydrogen-bond acceptors (Lipinski definition) is 4. The molecule has 0 atom stereocenters. The van der Waals surface area contributed by atoms with Crippen molar-refractivity contribution in [1.29, 1.82) is 5.41 Å². The van der Waals surface area contributed by atoms with E-state index >= 15 is 0 Å². The van der Waals surface area contributed by atoms with Crippen LogP contribution in [-0.2, 0) is 0 Å². The predicted octanol–water partition coefficient (Wildman–Crippen LogP) is 7.22. The number of rotatable bonds is 7. The minimum Gasteiger partial charge on any atom is -0.406 e. The number of thiocarbonyl (C=S) groups is 1. The van der Waals surface area contributed by atoms with Crippen molar-refractivity contribution in [1.82, 2.24) is 0 Å². The molecule has 0 unspecified atom stereocenters. The lowest BCUT2D eigenvalue weighted by Crippen LogP contribution is -2.16. The number of para-hydroxylation sites is 1. The van der Waals surface area contributed by atoms with Crippen LogP contribution in [0.3, 0.4) is 0 Å². The number of alkyl halides is 3. The molecule has 3 aromatic rings. The van der Waals surface area contributed by atoms with Gasteiger partial charge in [-0.1, -0.05) is 68.5 Å². The largest absolute Gasteiger partial charge is 0.573 e. The van der Waals surface area contributed by atoms with Crippen LogP contribution in [0, 0.1) is 5.41 Å². The first-order chi connectivity index (χ1) is 17.5. The van der Waals surface area contributed by atoms with Crippen LogP contribution in [0.5, 0.6) is 5.75 Å². The summed E-state index contributed by atoms with van der Waals surface area (Å²) in [5, 5.41) is 10.3. The van der Waals surface area contributed by atoms with Crippen LogP contribution in [0.25, 0.3) is 0 Å². The van der Waals surface area contributed by atoms with Crippen LogP contribution in [0.15, 0.2) is 82.8 Å². The lowest BCUT2D eigenvalue weighted by molar-refractivity contribution is -0.274.